The van der Waals surface area contributed by atoms with Crippen molar-refractivity contribution in [2.24, 2.45) is 0 Å². The van der Waals surface area contributed by atoms with Crippen LogP contribution in [0.1, 0.15) is 44.7 Å². The minimum atomic E-state index is -4.54. The quantitative estimate of drug-likeness (QED) is 0.753. The van der Waals surface area contributed by atoms with Crippen LogP contribution in [0, 0.1) is 0 Å². The van der Waals surface area contributed by atoms with E-state index in [1.807, 2.05) is 0 Å². The van der Waals surface area contributed by atoms with Gasteiger partial charge in [-0.05, 0) is 45.2 Å². The average Bonchev–Trinajstić information content (AvgIpc) is 2.78. The van der Waals surface area contributed by atoms with Gasteiger partial charge in [0.1, 0.15) is 5.60 Å². The summed E-state index contributed by atoms with van der Waals surface area (Å²) in [6.07, 6.45) is -4.50. The molecule has 0 aromatic heterocycles. The van der Waals surface area contributed by atoms with Crippen molar-refractivity contribution in [2.75, 3.05) is 18.4 Å². The summed E-state index contributed by atoms with van der Waals surface area (Å²) >= 11 is 0. The summed E-state index contributed by atoms with van der Waals surface area (Å²) in [6, 6.07) is 3.85. The fourth-order valence-electron chi connectivity index (χ4n) is 3.57. The monoisotopic (exact) mass is 370 g/mol. The molecule has 2 aliphatic rings. The minimum absolute atomic E-state index is 0.157. The SMILES string of the molecule is CC(C)(C)OC(=O)N1CCC2(CC1)C(=O)Nc1c(C(F)(F)F)cccc12. The number of anilines is 1. The molecule has 0 radical (unpaired) electrons. The number of likely N-dealkylation sites (tertiary alicyclic amines) is 1. The van der Waals surface area contributed by atoms with E-state index in [4.69, 9.17) is 4.74 Å². The standard InChI is InChI=1S/C18H21F3N2O3/c1-16(2,3)26-15(25)23-9-7-17(8-10-23)11-5-4-6-12(18(19,20)21)13(11)22-14(17)24/h4-6H,7-10H2,1-3H3,(H,22,24). The molecular weight excluding hydrogens is 349 g/mol. The van der Waals surface area contributed by atoms with E-state index in [0.717, 1.165) is 6.07 Å². The molecule has 5 nitrogen and oxygen atoms in total. The van der Waals surface area contributed by atoms with E-state index in [-0.39, 0.29) is 31.6 Å². The Bertz CT molecular complexity index is 745. The van der Waals surface area contributed by atoms with Gasteiger partial charge in [-0.15, -0.1) is 0 Å². The fraction of sp³-hybridized carbons (Fsp3) is 0.556. The molecule has 26 heavy (non-hydrogen) atoms. The smallest absolute Gasteiger partial charge is 0.418 e. The highest BCUT2D eigenvalue weighted by Crippen LogP contribution is 2.49. The Kier molecular flexibility index (Phi) is 4.20. The molecule has 1 fully saturated rings. The predicted molar refractivity (Wildman–Crippen MR) is 88.8 cm³/mol. The van der Waals surface area contributed by atoms with Crippen molar-refractivity contribution in [1.29, 1.82) is 0 Å². The second-order valence-electron chi connectivity index (χ2n) is 7.73. The first-order valence-corrected chi connectivity index (χ1v) is 8.44. The summed E-state index contributed by atoms with van der Waals surface area (Å²) in [7, 11) is 0. The summed E-state index contributed by atoms with van der Waals surface area (Å²) in [5, 5.41) is 2.42. The van der Waals surface area contributed by atoms with Crippen LogP contribution in [0.5, 0.6) is 0 Å². The normalized spacial score (nSPS) is 19.3. The number of alkyl halides is 3. The summed E-state index contributed by atoms with van der Waals surface area (Å²) in [5.41, 5.74) is -2.30. The van der Waals surface area contributed by atoms with E-state index in [0.29, 0.717) is 5.56 Å². The molecule has 2 heterocycles. The molecule has 1 spiro atoms. The third-order valence-corrected chi connectivity index (χ3v) is 4.83. The van der Waals surface area contributed by atoms with Crippen LogP contribution in [0.15, 0.2) is 18.2 Å². The number of hydrogen-bond donors (Lipinski definition) is 1. The van der Waals surface area contributed by atoms with Gasteiger partial charge in [-0.3, -0.25) is 4.79 Å². The number of para-hydroxylation sites is 1. The zero-order valence-corrected chi connectivity index (χ0v) is 14.9. The summed E-state index contributed by atoms with van der Waals surface area (Å²) in [5.74, 6) is -0.437. The van der Waals surface area contributed by atoms with Gasteiger partial charge in [-0.25, -0.2) is 4.79 Å². The highest BCUT2D eigenvalue weighted by atomic mass is 19.4. The Hall–Kier alpha value is -2.25. The Morgan fingerprint density at radius 1 is 1.19 bits per heavy atom. The van der Waals surface area contributed by atoms with Crippen LogP contribution in [0.3, 0.4) is 0 Å². The number of nitrogens with one attached hydrogen (secondary N) is 1. The molecule has 1 N–H and O–H groups in total. The number of piperidine rings is 1. The van der Waals surface area contributed by atoms with Crippen molar-refractivity contribution in [3.05, 3.63) is 29.3 Å². The van der Waals surface area contributed by atoms with Crippen LogP contribution in [0.4, 0.5) is 23.7 Å². The highest BCUT2D eigenvalue weighted by Gasteiger charge is 2.51. The number of ether oxygens (including phenoxy) is 1. The van der Waals surface area contributed by atoms with E-state index >= 15 is 0 Å². The molecule has 0 bridgehead atoms. The number of halogens is 3. The van der Waals surface area contributed by atoms with Gasteiger partial charge in [0, 0.05) is 13.1 Å². The van der Waals surface area contributed by atoms with Crippen molar-refractivity contribution in [3.63, 3.8) is 0 Å². The number of carbonyl (C=O) groups excluding carboxylic acids is 2. The lowest BCUT2D eigenvalue weighted by atomic mass is 9.73. The lowest BCUT2D eigenvalue weighted by Gasteiger charge is -2.38. The highest BCUT2D eigenvalue weighted by molar-refractivity contribution is 6.07. The summed E-state index contributed by atoms with van der Waals surface area (Å²) in [6.45, 7) is 5.77. The Morgan fingerprint density at radius 2 is 1.81 bits per heavy atom. The third-order valence-electron chi connectivity index (χ3n) is 4.83. The van der Waals surface area contributed by atoms with Gasteiger partial charge in [0.05, 0.1) is 16.7 Å². The van der Waals surface area contributed by atoms with Gasteiger partial charge >= 0.3 is 12.3 Å². The van der Waals surface area contributed by atoms with Crippen LogP contribution < -0.4 is 5.32 Å². The van der Waals surface area contributed by atoms with Crippen molar-refractivity contribution in [2.45, 2.75) is 50.8 Å². The lowest BCUT2D eigenvalue weighted by Crippen LogP contribution is -2.49. The lowest BCUT2D eigenvalue weighted by molar-refractivity contribution is -0.136. The molecular formula is C18H21F3N2O3. The van der Waals surface area contributed by atoms with Gasteiger partial charge in [0.15, 0.2) is 0 Å². The van der Waals surface area contributed by atoms with Crippen molar-refractivity contribution < 1.29 is 27.5 Å². The van der Waals surface area contributed by atoms with Crippen LogP contribution in [0.2, 0.25) is 0 Å². The zero-order chi connectivity index (χ0) is 19.3. The number of carbonyl (C=O) groups is 2. The van der Waals surface area contributed by atoms with E-state index < -0.39 is 34.8 Å². The van der Waals surface area contributed by atoms with Crippen LogP contribution in [0.25, 0.3) is 0 Å². The second-order valence-corrected chi connectivity index (χ2v) is 7.73. The molecule has 0 atom stereocenters. The number of benzene rings is 1. The molecule has 1 aromatic rings. The molecule has 0 saturated carbocycles. The minimum Gasteiger partial charge on any atom is -0.444 e. The summed E-state index contributed by atoms with van der Waals surface area (Å²) < 4.78 is 45.0. The Labute approximate surface area is 149 Å². The zero-order valence-electron chi connectivity index (χ0n) is 14.9. The molecule has 2 amide bonds. The Balaban J connectivity index is 1.85. The Morgan fingerprint density at radius 3 is 2.35 bits per heavy atom. The maximum absolute atomic E-state index is 13.2. The molecule has 0 aliphatic carbocycles. The molecule has 1 saturated heterocycles. The van der Waals surface area contributed by atoms with Crippen LogP contribution in [-0.4, -0.2) is 35.6 Å². The van der Waals surface area contributed by atoms with Crippen LogP contribution in [-0.2, 0) is 21.1 Å². The summed E-state index contributed by atoms with van der Waals surface area (Å²) in [4.78, 5) is 26.3. The molecule has 0 unspecified atom stereocenters. The largest absolute Gasteiger partial charge is 0.444 e. The second kappa shape index (κ2) is 5.89. The number of nitrogens with zero attached hydrogens (tertiary/aromatic N) is 1. The molecule has 142 valence electrons. The van der Waals surface area contributed by atoms with Crippen molar-refractivity contribution >= 4 is 17.7 Å². The topological polar surface area (TPSA) is 58.6 Å². The van der Waals surface area contributed by atoms with Crippen molar-refractivity contribution in [3.8, 4) is 0 Å². The first-order valence-electron chi connectivity index (χ1n) is 8.44. The number of fused-ring (bicyclic) bond motifs is 2. The van der Waals surface area contributed by atoms with Crippen LogP contribution >= 0.6 is 0 Å². The maximum atomic E-state index is 13.2. The van der Waals surface area contributed by atoms with E-state index in [1.165, 1.54) is 11.0 Å². The van der Waals surface area contributed by atoms with Gasteiger partial charge in [-0.2, -0.15) is 13.2 Å². The predicted octanol–water partition coefficient (Wildman–Crippen LogP) is 3.93. The third kappa shape index (κ3) is 3.12. The molecule has 3 rings (SSSR count). The number of hydrogen-bond acceptors (Lipinski definition) is 3. The first-order chi connectivity index (χ1) is 11.9. The number of amides is 2. The fourth-order valence-corrected chi connectivity index (χ4v) is 3.57. The van der Waals surface area contributed by atoms with Crippen molar-refractivity contribution in [1.82, 2.24) is 4.90 Å². The molecule has 8 heteroatoms. The van der Waals surface area contributed by atoms with E-state index in [1.54, 1.807) is 26.8 Å². The van der Waals surface area contributed by atoms with Gasteiger partial charge in [0.25, 0.3) is 0 Å². The van der Waals surface area contributed by atoms with Gasteiger partial charge in [-0.1, -0.05) is 12.1 Å². The average molecular weight is 370 g/mol. The molecule has 1 aromatic carbocycles. The maximum Gasteiger partial charge on any atom is 0.418 e. The van der Waals surface area contributed by atoms with E-state index in [2.05, 4.69) is 5.32 Å². The molecule has 2 aliphatic heterocycles. The van der Waals surface area contributed by atoms with Gasteiger partial charge in [0.2, 0.25) is 5.91 Å². The first kappa shape index (κ1) is 18.5. The number of rotatable bonds is 0. The van der Waals surface area contributed by atoms with E-state index in [9.17, 15) is 22.8 Å². The van der Waals surface area contributed by atoms with Gasteiger partial charge < -0.3 is 15.0 Å².